The summed E-state index contributed by atoms with van der Waals surface area (Å²) in [4.78, 5) is 138. The Morgan fingerprint density at radius 1 is 0.659 bits per heavy atom. The first-order valence-electron chi connectivity index (χ1n) is 25.8. The minimum Gasteiger partial charge on any atom is -0.508 e. The Bertz CT molecular complexity index is 3350. The van der Waals surface area contributed by atoms with E-state index in [0.717, 1.165) is 5.56 Å². The third-order valence-electron chi connectivity index (χ3n) is 13.1. The SMILES string of the molecule is O=CO[C@H](CCC(=O)O)NC(=O)N[C@@H](CCC(=O)CCCNC(=O)[C@@H](CC(=O)C(Cc1ccccc1)NC(=O)C(CC(=S)Cc1ccc(-c2c3ccc(=O)cc-3oc3cc(O)ccc23)c(C(=O)O)c1)Cc1ccccc1)OC=O)C(=O)O. The average molecular weight is 1140 g/mol. The van der Waals surface area contributed by atoms with Crippen molar-refractivity contribution in [2.75, 3.05) is 6.54 Å². The van der Waals surface area contributed by atoms with Crippen LogP contribution in [0.4, 0.5) is 4.79 Å². The average Bonchev–Trinajstić information content (AvgIpc) is 2.62. The lowest BCUT2D eigenvalue weighted by Crippen LogP contribution is -2.49. The molecule has 0 saturated heterocycles. The van der Waals surface area contributed by atoms with Crippen LogP contribution in [0.15, 0.2) is 124 Å². The number of carbonyl (C=O) groups is 10. The van der Waals surface area contributed by atoms with E-state index >= 15 is 0 Å². The number of ketones is 2. The number of amides is 4. The van der Waals surface area contributed by atoms with Crippen LogP contribution >= 0.6 is 12.2 Å². The number of aromatic hydroxyl groups is 1. The summed E-state index contributed by atoms with van der Waals surface area (Å²) < 4.78 is 15.6. The number of carbonyl (C=O) groups excluding carboxylic acids is 7. The number of Topliss-reactive ketones (excluding diaryl/α,β-unsaturated/α-hetero) is 2. The molecule has 8 N–H and O–H groups in total. The van der Waals surface area contributed by atoms with Crippen molar-refractivity contribution in [1.29, 1.82) is 0 Å². The normalized spacial score (nSPS) is 12.8. The molecule has 1 heterocycles. The van der Waals surface area contributed by atoms with Crippen molar-refractivity contribution in [3.63, 3.8) is 0 Å². The van der Waals surface area contributed by atoms with Gasteiger partial charge in [0.2, 0.25) is 5.91 Å². The standard InChI is InChI=1S/C59H58N4O18S/c64-32-79-51(56(73)60-23-7-12-38(66)16-20-46(58(76)77)62-59(78)63-52(80-33-65)21-22-53(70)71)31-48(69)47(27-35-10-5-2-6-11-35)61-55(72)37(24-34-8-3-1-4-9-34)28-41(82)25-36-13-17-42(45(26-36)57(74)75)54-43-18-14-39(67)29-49(43)81-50-30-40(68)15-19-44(50)54/h1-6,8-11,13-15,17-19,26,29-30,32-33,37,46-47,51-52,67H,7,12,16,20-25,27-28,31H2,(H,60,73)(H,61,72)(H,70,71)(H,74,75)(H,76,77)(H2,62,63,78)/t37?,46-,47?,51+,52+/m0/s1. The van der Waals surface area contributed by atoms with Gasteiger partial charge in [-0.15, -0.1) is 0 Å². The molecule has 2 aliphatic rings. The number of urea groups is 1. The Balaban J connectivity index is 1.11. The van der Waals surface area contributed by atoms with Crippen molar-refractivity contribution in [2.24, 2.45) is 5.92 Å². The topological polar surface area (TPSA) is 348 Å². The second-order valence-electron chi connectivity index (χ2n) is 19.1. The molecule has 6 rings (SSSR count). The number of hydrogen-bond donors (Lipinski definition) is 8. The van der Waals surface area contributed by atoms with Crippen molar-refractivity contribution in [2.45, 2.75) is 95.0 Å². The molecule has 0 fully saturated rings. The Hall–Kier alpha value is -9.64. The van der Waals surface area contributed by atoms with Gasteiger partial charge in [-0.25, -0.2) is 14.4 Å². The summed E-state index contributed by atoms with van der Waals surface area (Å²) in [5.41, 5.74) is 2.95. The maximum absolute atomic E-state index is 14.6. The van der Waals surface area contributed by atoms with E-state index in [1.54, 1.807) is 66.7 Å². The van der Waals surface area contributed by atoms with Crippen LogP contribution in [0.3, 0.4) is 0 Å². The number of thiocarbonyl (C=S) groups is 1. The lowest BCUT2D eigenvalue weighted by Gasteiger charge is -2.24. The highest BCUT2D eigenvalue weighted by Gasteiger charge is 2.32. The Kier molecular flexibility index (Phi) is 22.6. The number of ether oxygens (including phenoxy) is 2. The van der Waals surface area contributed by atoms with Gasteiger partial charge in [0.1, 0.15) is 28.9 Å². The van der Waals surface area contributed by atoms with Crippen LogP contribution < -0.4 is 26.7 Å². The molecule has 2 unspecified atom stereocenters. The van der Waals surface area contributed by atoms with Crippen LogP contribution in [0.1, 0.15) is 78.4 Å². The molecular formula is C59H58N4O18S. The second-order valence-corrected chi connectivity index (χ2v) is 19.7. The Morgan fingerprint density at radius 3 is 2.00 bits per heavy atom. The first-order chi connectivity index (χ1) is 39.3. The largest absolute Gasteiger partial charge is 0.508 e. The lowest BCUT2D eigenvalue weighted by molar-refractivity contribution is -0.147. The highest BCUT2D eigenvalue weighted by molar-refractivity contribution is 7.80. The van der Waals surface area contributed by atoms with Gasteiger partial charge < -0.3 is 55.6 Å². The molecule has 22 nitrogen and oxygen atoms in total. The number of carboxylic acid groups (broad SMARTS) is 3. The minimum absolute atomic E-state index is 0.00702. The number of rotatable bonds is 33. The Morgan fingerprint density at radius 2 is 1.34 bits per heavy atom. The van der Waals surface area contributed by atoms with Crippen LogP contribution in [0.25, 0.3) is 33.4 Å². The third kappa shape index (κ3) is 18.2. The van der Waals surface area contributed by atoms with Crippen molar-refractivity contribution in [3.8, 4) is 28.2 Å². The van der Waals surface area contributed by atoms with E-state index in [9.17, 15) is 68.1 Å². The molecule has 0 saturated carbocycles. The number of carboxylic acids is 3. The van der Waals surface area contributed by atoms with E-state index in [1.807, 2.05) is 18.2 Å². The van der Waals surface area contributed by atoms with Gasteiger partial charge in [-0.2, -0.15) is 0 Å². The van der Waals surface area contributed by atoms with E-state index < -0.39 is 90.5 Å². The summed E-state index contributed by atoms with van der Waals surface area (Å²) in [6, 6.07) is 27.2. The number of nitrogens with one attached hydrogen (secondary N) is 4. The first kappa shape index (κ1) is 61.6. The highest BCUT2D eigenvalue weighted by Crippen LogP contribution is 2.42. The number of phenolic OH excluding ortho intramolecular Hbond substituents is 1. The molecule has 0 spiro atoms. The number of aromatic carboxylic acids is 1. The zero-order valence-electron chi connectivity index (χ0n) is 43.9. The first-order valence-corrected chi connectivity index (χ1v) is 26.2. The van der Waals surface area contributed by atoms with Gasteiger partial charge in [0.25, 0.3) is 18.9 Å². The maximum atomic E-state index is 14.6. The lowest BCUT2D eigenvalue weighted by atomic mass is 9.88. The number of benzene rings is 5. The molecule has 4 amide bonds. The predicted octanol–water partition coefficient (Wildman–Crippen LogP) is 5.72. The number of fused-ring (bicyclic) bond motifs is 2. The minimum atomic E-state index is -1.66. The van der Waals surface area contributed by atoms with Gasteiger partial charge in [0, 0.05) is 66.8 Å². The molecular weight excluding hydrogens is 1080 g/mol. The molecule has 0 aromatic heterocycles. The summed E-state index contributed by atoms with van der Waals surface area (Å²) in [5.74, 6) is -7.33. The molecule has 23 heteroatoms. The van der Waals surface area contributed by atoms with Gasteiger partial charge in [0.15, 0.2) is 23.5 Å². The van der Waals surface area contributed by atoms with Crippen LogP contribution in [0.5, 0.6) is 5.75 Å². The van der Waals surface area contributed by atoms with E-state index in [0.29, 0.717) is 38.1 Å². The summed E-state index contributed by atoms with van der Waals surface area (Å²) in [5, 5.41) is 49.5. The molecule has 0 radical (unpaired) electrons. The highest BCUT2D eigenvalue weighted by atomic mass is 32.1. The zero-order chi connectivity index (χ0) is 59.3. The summed E-state index contributed by atoms with van der Waals surface area (Å²) in [6.07, 6.45) is -5.04. The fourth-order valence-corrected chi connectivity index (χ4v) is 9.46. The van der Waals surface area contributed by atoms with Crippen molar-refractivity contribution >= 4 is 88.3 Å². The Labute approximate surface area is 473 Å². The van der Waals surface area contributed by atoms with E-state index in [1.165, 1.54) is 30.3 Å². The summed E-state index contributed by atoms with van der Waals surface area (Å²) in [7, 11) is 0. The van der Waals surface area contributed by atoms with Gasteiger partial charge >= 0.3 is 23.9 Å². The van der Waals surface area contributed by atoms with Crippen LogP contribution in [-0.2, 0) is 67.1 Å². The van der Waals surface area contributed by atoms with Gasteiger partial charge in [-0.3, -0.25) is 38.4 Å². The molecule has 1 aliphatic heterocycles. The molecule has 428 valence electrons. The maximum Gasteiger partial charge on any atom is 0.336 e. The van der Waals surface area contributed by atoms with Crippen LogP contribution in [0, 0.1) is 5.92 Å². The zero-order valence-corrected chi connectivity index (χ0v) is 44.7. The predicted molar refractivity (Wildman–Crippen MR) is 298 cm³/mol. The number of aliphatic carboxylic acids is 2. The summed E-state index contributed by atoms with van der Waals surface area (Å²) in [6.45, 7) is -0.167. The third-order valence-corrected chi connectivity index (χ3v) is 13.4. The van der Waals surface area contributed by atoms with E-state index in [-0.39, 0.29) is 105 Å². The monoisotopic (exact) mass is 1140 g/mol. The smallest absolute Gasteiger partial charge is 0.336 e. The van der Waals surface area contributed by atoms with Crippen molar-refractivity contribution < 1.29 is 82.3 Å². The second kappa shape index (κ2) is 30.1. The number of phenols is 1. The molecule has 1 aliphatic carbocycles. The fraction of sp³-hybridized carbons (Fsp3) is 0.288. The molecule has 0 bridgehead atoms. The van der Waals surface area contributed by atoms with Crippen LogP contribution in [0.2, 0.25) is 0 Å². The number of hydrogen-bond acceptors (Lipinski definition) is 16. The van der Waals surface area contributed by atoms with Crippen LogP contribution in [-0.4, -0.2) is 117 Å². The van der Waals surface area contributed by atoms with Crippen molar-refractivity contribution in [3.05, 3.63) is 148 Å². The fourth-order valence-electron chi connectivity index (χ4n) is 9.10. The van der Waals surface area contributed by atoms with E-state index in [2.05, 4.69) is 26.0 Å². The molecule has 82 heavy (non-hydrogen) atoms. The van der Waals surface area contributed by atoms with E-state index in [4.69, 9.17) is 26.5 Å². The molecule has 4 aromatic rings. The summed E-state index contributed by atoms with van der Waals surface area (Å²) >= 11 is 5.92. The molecule has 4 aromatic carbocycles. The van der Waals surface area contributed by atoms with Crippen molar-refractivity contribution in [1.82, 2.24) is 21.3 Å². The quantitative estimate of drug-likeness (QED) is 0.00803. The van der Waals surface area contributed by atoms with Gasteiger partial charge in [0.05, 0.1) is 24.4 Å². The molecule has 5 atom stereocenters. The van der Waals surface area contributed by atoms with Gasteiger partial charge in [-0.1, -0.05) is 85.0 Å². The van der Waals surface area contributed by atoms with Gasteiger partial charge in [-0.05, 0) is 89.6 Å².